The summed E-state index contributed by atoms with van der Waals surface area (Å²) in [6.45, 7) is 4.01. The van der Waals surface area contributed by atoms with E-state index in [0.29, 0.717) is 6.42 Å². The van der Waals surface area contributed by atoms with Gasteiger partial charge in [0.1, 0.15) is 0 Å². The van der Waals surface area contributed by atoms with Crippen LogP contribution in [0.15, 0.2) is 18.2 Å². The summed E-state index contributed by atoms with van der Waals surface area (Å²) in [5.74, 6) is 0.0779. The van der Waals surface area contributed by atoms with Crippen molar-refractivity contribution in [1.82, 2.24) is 0 Å². The fourth-order valence-electron chi connectivity index (χ4n) is 1.92. The van der Waals surface area contributed by atoms with Gasteiger partial charge in [0.05, 0.1) is 6.42 Å². The van der Waals surface area contributed by atoms with Crippen molar-refractivity contribution in [2.45, 2.75) is 32.2 Å². The number of benzene rings is 1. The number of hydrogen-bond donors (Lipinski definition) is 2. The van der Waals surface area contributed by atoms with Crippen LogP contribution in [0.3, 0.4) is 0 Å². The molecule has 1 aliphatic rings. The molecule has 1 aromatic rings. The van der Waals surface area contributed by atoms with Crippen molar-refractivity contribution in [2.24, 2.45) is 5.73 Å². The summed E-state index contributed by atoms with van der Waals surface area (Å²) >= 11 is 0. The molecule has 15 heavy (non-hydrogen) atoms. The zero-order valence-corrected chi connectivity index (χ0v) is 9.13. The monoisotopic (exact) mass is 204 g/mol. The van der Waals surface area contributed by atoms with E-state index in [-0.39, 0.29) is 11.4 Å². The Labute approximate surface area is 89.7 Å². The van der Waals surface area contributed by atoms with Crippen LogP contribution in [-0.4, -0.2) is 11.4 Å². The second-order valence-electron chi connectivity index (χ2n) is 4.88. The molecule has 0 saturated carbocycles. The Bertz CT molecular complexity index is 405. The standard InChI is InChI=1S/C12H16N2O/c1-12(2,13)7-8-3-4-10-9(5-8)6-11(15)14-10/h3-5H,6-7,13H2,1-2H3,(H,14,15). The highest BCUT2D eigenvalue weighted by atomic mass is 16.1. The molecule has 0 aliphatic carbocycles. The molecule has 1 aliphatic heterocycles. The number of nitrogens with two attached hydrogens (primary N) is 1. The maximum atomic E-state index is 11.2. The molecule has 0 bridgehead atoms. The number of carbonyl (C=O) groups excluding carboxylic acids is 1. The van der Waals surface area contributed by atoms with Gasteiger partial charge >= 0.3 is 0 Å². The second kappa shape index (κ2) is 3.35. The highest BCUT2D eigenvalue weighted by Crippen LogP contribution is 2.25. The Morgan fingerprint density at radius 2 is 2.20 bits per heavy atom. The predicted molar refractivity (Wildman–Crippen MR) is 60.7 cm³/mol. The summed E-state index contributed by atoms with van der Waals surface area (Å²) in [6.07, 6.45) is 1.32. The fourth-order valence-corrected chi connectivity index (χ4v) is 1.92. The minimum Gasteiger partial charge on any atom is -0.326 e. The minimum absolute atomic E-state index is 0.0779. The molecule has 2 rings (SSSR count). The van der Waals surface area contributed by atoms with Crippen LogP contribution in [0.2, 0.25) is 0 Å². The molecule has 0 aromatic heterocycles. The van der Waals surface area contributed by atoms with E-state index in [1.54, 1.807) is 0 Å². The maximum Gasteiger partial charge on any atom is 0.228 e. The van der Waals surface area contributed by atoms with Crippen LogP contribution in [0.4, 0.5) is 5.69 Å². The van der Waals surface area contributed by atoms with Crippen molar-refractivity contribution in [1.29, 1.82) is 0 Å². The van der Waals surface area contributed by atoms with Crippen molar-refractivity contribution in [3.05, 3.63) is 29.3 Å². The van der Waals surface area contributed by atoms with E-state index >= 15 is 0 Å². The van der Waals surface area contributed by atoms with E-state index in [2.05, 4.69) is 11.4 Å². The number of anilines is 1. The number of carbonyl (C=O) groups is 1. The summed E-state index contributed by atoms with van der Waals surface area (Å²) < 4.78 is 0. The lowest BCUT2D eigenvalue weighted by Crippen LogP contribution is -2.34. The van der Waals surface area contributed by atoms with E-state index in [4.69, 9.17) is 5.73 Å². The quantitative estimate of drug-likeness (QED) is 0.766. The molecule has 0 atom stereocenters. The zero-order valence-electron chi connectivity index (χ0n) is 9.13. The van der Waals surface area contributed by atoms with Crippen LogP contribution < -0.4 is 11.1 Å². The molecular formula is C12H16N2O. The van der Waals surface area contributed by atoms with Crippen LogP contribution in [0.5, 0.6) is 0 Å². The lowest BCUT2D eigenvalue weighted by Gasteiger charge is -2.18. The van der Waals surface area contributed by atoms with Crippen molar-refractivity contribution in [3.8, 4) is 0 Å². The Morgan fingerprint density at radius 3 is 2.87 bits per heavy atom. The molecule has 3 N–H and O–H groups in total. The maximum absolute atomic E-state index is 11.2. The van der Waals surface area contributed by atoms with Crippen LogP contribution in [0, 0.1) is 0 Å². The summed E-state index contributed by atoms with van der Waals surface area (Å²) in [6, 6.07) is 6.06. The third-order valence-electron chi connectivity index (χ3n) is 2.45. The van der Waals surface area contributed by atoms with Crippen LogP contribution in [-0.2, 0) is 17.6 Å². The molecule has 0 unspecified atom stereocenters. The SMILES string of the molecule is CC(C)(N)Cc1ccc2c(c1)CC(=O)N2. The first kappa shape index (κ1) is 10.2. The summed E-state index contributed by atoms with van der Waals surface area (Å²) in [5.41, 5.74) is 8.97. The molecule has 1 amide bonds. The topological polar surface area (TPSA) is 55.1 Å². The van der Waals surface area contributed by atoms with Crippen LogP contribution in [0.1, 0.15) is 25.0 Å². The smallest absolute Gasteiger partial charge is 0.228 e. The fraction of sp³-hybridized carbons (Fsp3) is 0.417. The number of nitrogens with one attached hydrogen (secondary N) is 1. The summed E-state index contributed by atoms with van der Waals surface area (Å²) in [5, 5.41) is 2.82. The summed E-state index contributed by atoms with van der Waals surface area (Å²) in [4.78, 5) is 11.2. The lowest BCUT2D eigenvalue weighted by atomic mass is 9.95. The van der Waals surface area contributed by atoms with Gasteiger partial charge in [-0.05, 0) is 37.5 Å². The number of amides is 1. The number of rotatable bonds is 2. The number of fused-ring (bicyclic) bond motifs is 1. The van der Waals surface area contributed by atoms with Crippen molar-refractivity contribution >= 4 is 11.6 Å². The Balaban J connectivity index is 2.24. The first-order valence-electron chi connectivity index (χ1n) is 5.15. The first-order chi connectivity index (χ1) is 6.94. The van der Waals surface area contributed by atoms with Gasteiger partial charge in [-0.2, -0.15) is 0 Å². The average molecular weight is 204 g/mol. The van der Waals surface area contributed by atoms with E-state index in [0.717, 1.165) is 17.7 Å². The molecular weight excluding hydrogens is 188 g/mol. The lowest BCUT2D eigenvalue weighted by molar-refractivity contribution is -0.115. The van der Waals surface area contributed by atoms with Gasteiger partial charge in [-0.3, -0.25) is 4.79 Å². The van der Waals surface area contributed by atoms with Crippen LogP contribution in [0.25, 0.3) is 0 Å². The van der Waals surface area contributed by atoms with E-state index in [1.165, 1.54) is 5.56 Å². The molecule has 3 nitrogen and oxygen atoms in total. The molecule has 0 radical (unpaired) electrons. The van der Waals surface area contributed by atoms with Gasteiger partial charge in [-0.15, -0.1) is 0 Å². The van der Waals surface area contributed by atoms with E-state index < -0.39 is 0 Å². The average Bonchev–Trinajstić information content (AvgIpc) is 2.40. The van der Waals surface area contributed by atoms with Crippen molar-refractivity contribution in [2.75, 3.05) is 5.32 Å². The Kier molecular flexibility index (Phi) is 2.27. The molecule has 3 heteroatoms. The molecule has 0 saturated heterocycles. The Hall–Kier alpha value is -1.35. The molecule has 80 valence electrons. The highest BCUT2D eigenvalue weighted by molar-refractivity contribution is 5.99. The summed E-state index contributed by atoms with van der Waals surface area (Å²) in [7, 11) is 0. The molecule has 1 heterocycles. The largest absolute Gasteiger partial charge is 0.326 e. The third-order valence-corrected chi connectivity index (χ3v) is 2.45. The minimum atomic E-state index is -0.204. The van der Waals surface area contributed by atoms with Crippen LogP contribution >= 0.6 is 0 Å². The third kappa shape index (κ3) is 2.36. The van der Waals surface area contributed by atoms with E-state index in [1.807, 2.05) is 26.0 Å². The normalized spacial score (nSPS) is 15.0. The van der Waals surface area contributed by atoms with Gasteiger partial charge < -0.3 is 11.1 Å². The second-order valence-corrected chi connectivity index (χ2v) is 4.88. The molecule has 0 fully saturated rings. The number of hydrogen-bond acceptors (Lipinski definition) is 2. The Morgan fingerprint density at radius 1 is 1.47 bits per heavy atom. The van der Waals surface area contributed by atoms with Gasteiger partial charge in [0.25, 0.3) is 0 Å². The molecule has 0 spiro atoms. The first-order valence-corrected chi connectivity index (χ1v) is 5.15. The van der Waals surface area contributed by atoms with Gasteiger partial charge in [0.15, 0.2) is 0 Å². The van der Waals surface area contributed by atoms with Gasteiger partial charge in [0.2, 0.25) is 5.91 Å². The van der Waals surface area contributed by atoms with Gasteiger partial charge in [-0.1, -0.05) is 12.1 Å². The van der Waals surface area contributed by atoms with Crippen molar-refractivity contribution < 1.29 is 4.79 Å². The highest BCUT2D eigenvalue weighted by Gasteiger charge is 2.19. The predicted octanol–water partition coefficient (Wildman–Crippen LogP) is 1.46. The van der Waals surface area contributed by atoms with Gasteiger partial charge in [0, 0.05) is 11.2 Å². The van der Waals surface area contributed by atoms with Gasteiger partial charge in [-0.25, -0.2) is 0 Å². The van der Waals surface area contributed by atoms with Crippen molar-refractivity contribution in [3.63, 3.8) is 0 Å². The zero-order chi connectivity index (χ0) is 11.1. The van der Waals surface area contributed by atoms with E-state index in [9.17, 15) is 4.79 Å². The molecule has 1 aromatic carbocycles.